The highest BCUT2D eigenvalue weighted by atomic mass is 19.4. The number of rotatable bonds is 15. The second-order valence-electron chi connectivity index (χ2n) is 11.3. The van der Waals surface area contributed by atoms with E-state index in [-0.39, 0.29) is 38.7 Å². The van der Waals surface area contributed by atoms with E-state index in [0.717, 1.165) is 5.56 Å². The summed E-state index contributed by atoms with van der Waals surface area (Å²) in [5.74, 6) is -2.19. The van der Waals surface area contributed by atoms with E-state index in [4.69, 9.17) is 9.47 Å². The number of hydrogen-bond donors (Lipinski definition) is 3. The number of alkyl carbamates (subject to hydrolysis) is 1. The molecule has 2 aromatic carbocycles. The predicted molar refractivity (Wildman–Crippen MR) is 158 cm³/mol. The minimum atomic E-state index is -4.34. The molecule has 0 fully saturated rings. The summed E-state index contributed by atoms with van der Waals surface area (Å²) in [6, 6.07) is 14.2. The minimum Gasteiger partial charge on any atom is -0.464 e. The summed E-state index contributed by atoms with van der Waals surface area (Å²) >= 11 is 0. The Bertz CT molecular complexity index is 1200. The summed E-state index contributed by atoms with van der Waals surface area (Å²) in [4.78, 5) is 52.4. The van der Waals surface area contributed by atoms with Gasteiger partial charge in [0.2, 0.25) is 11.8 Å². The van der Waals surface area contributed by atoms with Gasteiger partial charge in [0.25, 0.3) is 0 Å². The predicted octanol–water partition coefficient (Wildman–Crippen LogP) is 5.02. The fraction of sp³-hybridized carbons (Fsp3) is 0.500. The first-order valence-electron chi connectivity index (χ1n) is 14.6. The van der Waals surface area contributed by atoms with E-state index in [9.17, 15) is 32.3 Å². The molecule has 2 aromatic rings. The molecule has 12 heteroatoms. The van der Waals surface area contributed by atoms with Gasteiger partial charge in [0, 0.05) is 19.3 Å². The molecular formula is C32H42F3N3O6. The second-order valence-corrected chi connectivity index (χ2v) is 11.3. The molecule has 9 nitrogen and oxygen atoms in total. The first-order chi connectivity index (χ1) is 20.7. The number of nitrogens with one attached hydrogen (secondary N) is 3. The summed E-state index contributed by atoms with van der Waals surface area (Å²) in [7, 11) is 0. The van der Waals surface area contributed by atoms with Crippen molar-refractivity contribution < 1.29 is 41.8 Å². The van der Waals surface area contributed by atoms with Crippen LogP contribution < -0.4 is 16.0 Å². The lowest BCUT2D eigenvalue weighted by molar-refractivity contribution is -0.148. The van der Waals surface area contributed by atoms with E-state index < -0.39 is 60.2 Å². The zero-order valence-corrected chi connectivity index (χ0v) is 25.5. The fourth-order valence-corrected chi connectivity index (χ4v) is 4.28. The van der Waals surface area contributed by atoms with Crippen LogP contribution in [0.3, 0.4) is 0 Å². The van der Waals surface area contributed by atoms with Gasteiger partial charge in [0.1, 0.15) is 23.7 Å². The van der Waals surface area contributed by atoms with Crippen LogP contribution in [0.2, 0.25) is 0 Å². The number of carbonyl (C=O) groups is 4. The lowest BCUT2D eigenvalue weighted by atomic mass is 10.0. The van der Waals surface area contributed by atoms with E-state index in [1.54, 1.807) is 82.3 Å². The molecule has 3 atom stereocenters. The molecule has 0 aliphatic rings. The average Bonchev–Trinajstić information content (AvgIpc) is 2.93. The van der Waals surface area contributed by atoms with E-state index in [2.05, 4.69) is 16.0 Å². The van der Waals surface area contributed by atoms with Gasteiger partial charge in [-0.3, -0.25) is 9.59 Å². The van der Waals surface area contributed by atoms with Crippen molar-refractivity contribution in [3.63, 3.8) is 0 Å². The van der Waals surface area contributed by atoms with Gasteiger partial charge in [-0.15, -0.1) is 0 Å². The number of amides is 3. The molecule has 0 aromatic heterocycles. The van der Waals surface area contributed by atoms with E-state index in [1.807, 2.05) is 6.07 Å². The zero-order valence-electron chi connectivity index (χ0n) is 25.5. The first-order valence-corrected chi connectivity index (χ1v) is 14.6. The van der Waals surface area contributed by atoms with Crippen LogP contribution in [0.25, 0.3) is 0 Å². The Hall–Kier alpha value is -4.09. The Kier molecular flexibility index (Phi) is 14.2. The number of esters is 1. The lowest BCUT2D eigenvalue weighted by Crippen LogP contribution is -2.57. The molecule has 0 aliphatic heterocycles. The van der Waals surface area contributed by atoms with Gasteiger partial charge >= 0.3 is 18.2 Å². The van der Waals surface area contributed by atoms with E-state index in [0.29, 0.717) is 5.56 Å². The fourth-order valence-electron chi connectivity index (χ4n) is 4.28. The maximum Gasteiger partial charge on any atom is 0.408 e. The molecule has 3 amide bonds. The maximum atomic E-state index is 13.6. The van der Waals surface area contributed by atoms with Gasteiger partial charge in [0.15, 0.2) is 0 Å². The zero-order chi connectivity index (χ0) is 32.8. The molecule has 0 bridgehead atoms. The number of halogens is 3. The SMILES string of the molecule is CCOC(=O)C(CCCCC(F)(F)F)NC(=O)C(Cc1ccccc1)NC(=O)C(Cc1ccccc1)NC(=O)OC(C)(C)C. The molecule has 0 radical (unpaired) electrons. The molecule has 0 saturated carbocycles. The molecule has 0 saturated heterocycles. The van der Waals surface area contributed by atoms with E-state index in [1.165, 1.54) is 0 Å². The minimum absolute atomic E-state index is 0.00936. The van der Waals surface area contributed by atoms with Crippen molar-refractivity contribution in [1.82, 2.24) is 16.0 Å². The quantitative estimate of drug-likeness (QED) is 0.190. The molecule has 0 aliphatic carbocycles. The maximum absolute atomic E-state index is 13.6. The third-order valence-electron chi connectivity index (χ3n) is 6.30. The molecular weight excluding hydrogens is 579 g/mol. The normalized spacial score (nSPS) is 13.6. The molecule has 0 spiro atoms. The Morgan fingerprint density at radius 3 is 1.66 bits per heavy atom. The Labute approximate surface area is 256 Å². The molecule has 242 valence electrons. The molecule has 2 rings (SSSR count). The summed E-state index contributed by atoms with van der Waals surface area (Å²) in [6.07, 6.45) is -6.34. The van der Waals surface area contributed by atoms with Crippen molar-refractivity contribution in [1.29, 1.82) is 0 Å². The summed E-state index contributed by atoms with van der Waals surface area (Å²) in [5.41, 5.74) is 0.620. The number of hydrogen-bond acceptors (Lipinski definition) is 6. The second kappa shape index (κ2) is 17.3. The lowest BCUT2D eigenvalue weighted by Gasteiger charge is -2.26. The smallest absolute Gasteiger partial charge is 0.408 e. The highest BCUT2D eigenvalue weighted by molar-refractivity contribution is 5.93. The highest BCUT2D eigenvalue weighted by Crippen LogP contribution is 2.23. The number of unbranched alkanes of at least 4 members (excludes halogenated alkanes) is 1. The van der Waals surface area contributed by atoms with Crippen LogP contribution in [0.4, 0.5) is 18.0 Å². The van der Waals surface area contributed by atoms with Gasteiger partial charge in [0.05, 0.1) is 6.61 Å². The van der Waals surface area contributed by atoms with Gasteiger partial charge in [-0.25, -0.2) is 9.59 Å². The largest absolute Gasteiger partial charge is 0.464 e. The molecule has 0 heterocycles. The Morgan fingerprint density at radius 2 is 1.20 bits per heavy atom. The van der Waals surface area contributed by atoms with Crippen LogP contribution >= 0.6 is 0 Å². The van der Waals surface area contributed by atoms with Crippen LogP contribution in [0.15, 0.2) is 60.7 Å². The molecule has 3 N–H and O–H groups in total. The molecule has 44 heavy (non-hydrogen) atoms. The third kappa shape index (κ3) is 14.4. The standard InChI is InChI=1S/C32H42F3N3O6/c1-5-43-29(41)24(18-12-13-19-32(33,34)35)36-27(39)25(20-22-14-8-6-9-15-22)37-28(40)26(21-23-16-10-7-11-17-23)38-30(42)44-31(2,3)4/h6-11,14-17,24-26H,5,12-13,18-21H2,1-4H3,(H,36,39)(H,37,40)(H,38,42). The summed E-state index contributed by atoms with van der Waals surface area (Å²) < 4.78 is 48.3. The summed E-state index contributed by atoms with van der Waals surface area (Å²) in [6.45, 7) is 6.63. The third-order valence-corrected chi connectivity index (χ3v) is 6.30. The van der Waals surface area contributed by atoms with Gasteiger partial charge in [-0.05, 0) is 51.7 Å². The average molecular weight is 622 g/mol. The Balaban J connectivity index is 2.28. The highest BCUT2D eigenvalue weighted by Gasteiger charge is 2.32. The van der Waals surface area contributed by atoms with Crippen LogP contribution in [-0.2, 0) is 36.7 Å². The van der Waals surface area contributed by atoms with Crippen molar-refractivity contribution in [3.05, 3.63) is 71.8 Å². The van der Waals surface area contributed by atoms with Crippen molar-refractivity contribution >= 4 is 23.9 Å². The number of carbonyl (C=O) groups excluding carboxylic acids is 4. The van der Waals surface area contributed by atoms with Gasteiger partial charge in [-0.2, -0.15) is 13.2 Å². The van der Waals surface area contributed by atoms with Crippen LogP contribution in [0, 0.1) is 0 Å². The van der Waals surface area contributed by atoms with Crippen molar-refractivity contribution in [2.75, 3.05) is 6.61 Å². The van der Waals surface area contributed by atoms with Crippen LogP contribution in [0.1, 0.15) is 64.5 Å². The monoisotopic (exact) mass is 621 g/mol. The van der Waals surface area contributed by atoms with Crippen molar-refractivity contribution in [3.8, 4) is 0 Å². The Morgan fingerprint density at radius 1 is 0.727 bits per heavy atom. The number of ether oxygens (including phenoxy) is 2. The van der Waals surface area contributed by atoms with Crippen LogP contribution in [-0.4, -0.2) is 60.4 Å². The topological polar surface area (TPSA) is 123 Å². The van der Waals surface area contributed by atoms with Gasteiger partial charge < -0.3 is 25.4 Å². The van der Waals surface area contributed by atoms with Crippen LogP contribution in [0.5, 0.6) is 0 Å². The number of alkyl halides is 3. The molecule has 3 unspecified atom stereocenters. The van der Waals surface area contributed by atoms with Gasteiger partial charge in [-0.1, -0.05) is 67.1 Å². The first kappa shape index (κ1) is 36.1. The number of benzene rings is 2. The van der Waals surface area contributed by atoms with Crippen molar-refractivity contribution in [2.24, 2.45) is 0 Å². The van der Waals surface area contributed by atoms with E-state index >= 15 is 0 Å². The van der Waals surface area contributed by atoms with Crippen molar-refractivity contribution in [2.45, 2.75) is 96.1 Å². The summed E-state index contributed by atoms with van der Waals surface area (Å²) in [5, 5.41) is 7.84.